The van der Waals surface area contributed by atoms with Crippen LogP contribution >= 0.6 is 15.9 Å². The van der Waals surface area contributed by atoms with Gasteiger partial charge in [0.05, 0.1) is 5.69 Å². The lowest BCUT2D eigenvalue weighted by Crippen LogP contribution is -2.47. The Kier molecular flexibility index (Phi) is 5.07. The molecule has 2 aromatic rings. The van der Waals surface area contributed by atoms with Crippen molar-refractivity contribution in [1.82, 2.24) is 9.71 Å². The van der Waals surface area contributed by atoms with Crippen molar-refractivity contribution < 1.29 is 8.42 Å². The summed E-state index contributed by atoms with van der Waals surface area (Å²) in [5.74, 6) is 0.939. The van der Waals surface area contributed by atoms with Crippen LogP contribution in [0.4, 0.5) is 11.5 Å². The van der Waals surface area contributed by atoms with Gasteiger partial charge in [0.2, 0.25) is 10.0 Å². The van der Waals surface area contributed by atoms with Crippen molar-refractivity contribution in [2.45, 2.75) is 4.90 Å². The summed E-state index contributed by atoms with van der Waals surface area (Å²) in [5, 5.41) is 0. The number of anilines is 2. The number of halogens is 1. The summed E-state index contributed by atoms with van der Waals surface area (Å²) in [6, 6.07) is 11.1. The van der Waals surface area contributed by atoms with Gasteiger partial charge in [0.1, 0.15) is 10.7 Å². The van der Waals surface area contributed by atoms with Gasteiger partial charge in [-0.2, -0.15) is 0 Å². The Hall–Kier alpha value is -1.64. The van der Waals surface area contributed by atoms with Crippen LogP contribution < -0.4 is 14.5 Å². The van der Waals surface area contributed by atoms with Gasteiger partial charge in [-0.15, -0.1) is 0 Å². The third-order valence-electron chi connectivity index (χ3n) is 4.08. The Morgan fingerprint density at radius 3 is 2.33 bits per heavy atom. The van der Waals surface area contributed by atoms with E-state index < -0.39 is 10.0 Å². The first-order valence-corrected chi connectivity index (χ1v) is 9.93. The number of rotatable bonds is 4. The lowest BCUT2D eigenvalue weighted by atomic mass is 10.2. The minimum Gasteiger partial charge on any atom is -0.367 e. The Morgan fingerprint density at radius 2 is 1.71 bits per heavy atom. The van der Waals surface area contributed by atoms with Crippen LogP contribution in [-0.4, -0.2) is 46.6 Å². The molecule has 8 heteroatoms. The predicted octanol–water partition coefficient (Wildman–Crippen LogP) is 2.08. The van der Waals surface area contributed by atoms with E-state index in [0.717, 1.165) is 42.2 Å². The maximum atomic E-state index is 12.2. The van der Waals surface area contributed by atoms with Crippen LogP contribution in [0, 0.1) is 0 Å². The second-order valence-corrected chi connectivity index (χ2v) is 8.25. The minimum atomic E-state index is -3.47. The van der Waals surface area contributed by atoms with Gasteiger partial charge in [-0.3, -0.25) is 0 Å². The first-order chi connectivity index (χ1) is 11.5. The van der Waals surface area contributed by atoms with E-state index in [2.05, 4.69) is 35.4 Å². The maximum absolute atomic E-state index is 12.2. The summed E-state index contributed by atoms with van der Waals surface area (Å²) in [5.41, 5.74) is 0.746. The highest BCUT2D eigenvalue weighted by Crippen LogP contribution is 2.26. The molecular weight excluding hydrogens is 392 g/mol. The van der Waals surface area contributed by atoms with Crippen molar-refractivity contribution in [3.05, 3.63) is 47.1 Å². The average Bonchev–Trinajstić information content (AvgIpc) is 2.62. The first kappa shape index (κ1) is 17.2. The SMILES string of the molecule is CNS(=O)(=O)c1ccccc1N1CCN(c2ccc(Br)cn2)CC1. The quantitative estimate of drug-likeness (QED) is 0.835. The van der Waals surface area contributed by atoms with Gasteiger partial charge in [0.25, 0.3) is 0 Å². The Bertz CT molecular complexity index is 803. The summed E-state index contributed by atoms with van der Waals surface area (Å²) in [6.07, 6.45) is 1.79. The molecule has 6 nitrogen and oxygen atoms in total. The van der Waals surface area contributed by atoms with Crippen LogP contribution in [0.3, 0.4) is 0 Å². The Balaban J connectivity index is 1.77. The zero-order valence-electron chi connectivity index (χ0n) is 13.3. The molecule has 1 aromatic heterocycles. The van der Waals surface area contributed by atoms with Crippen molar-refractivity contribution in [2.24, 2.45) is 0 Å². The zero-order chi connectivity index (χ0) is 17.2. The molecule has 0 radical (unpaired) electrons. The van der Waals surface area contributed by atoms with Crippen molar-refractivity contribution in [2.75, 3.05) is 43.0 Å². The molecule has 0 saturated carbocycles. The molecule has 1 fully saturated rings. The van der Waals surface area contributed by atoms with E-state index in [-0.39, 0.29) is 0 Å². The average molecular weight is 411 g/mol. The molecule has 0 atom stereocenters. The predicted molar refractivity (Wildman–Crippen MR) is 99.1 cm³/mol. The van der Waals surface area contributed by atoms with Crippen LogP contribution in [0.1, 0.15) is 0 Å². The molecule has 0 unspecified atom stereocenters. The van der Waals surface area contributed by atoms with Gasteiger partial charge in [0.15, 0.2) is 0 Å². The van der Waals surface area contributed by atoms with E-state index >= 15 is 0 Å². The Labute approximate surface area is 150 Å². The fourth-order valence-corrected chi connectivity index (χ4v) is 3.97. The molecule has 0 spiro atoms. The highest BCUT2D eigenvalue weighted by atomic mass is 79.9. The second-order valence-electron chi connectivity index (χ2n) is 5.48. The summed E-state index contributed by atoms with van der Waals surface area (Å²) >= 11 is 3.39. The highest BCUT2D eigenvalue weighted by molar-refractivity contribution is 9.10. The molecule has 0 bridgehead atoms. The van der Waals surface area contributed by atoms with E-state index in [1.807, 2.05) is 24.3 Å². The monoisotopic (exact) mass is 410 g/mol. The third kappa shape index (κ3) is 3.55. The standard InChI is InChI=1S/C16H19BrN4O2S/c1-18-24(22,23)15-5-3-2-4-14(15)20-8-10-21(11-9-20)16-7-6-13(17)12-19-16/h2-7,12,18H,8-11H2,1H3. The van der Waals surface area contributed by atoms with Crippen LogP contribution in [-0.2, 0) is 10.0 Å². The normalized spacial score (nSPS) is 15.6. The molecular formula is C16H19BrN4O2S. The summed E-state index contributed by atoms with van der Waals surface area (Å²) in [4.78, 5) is 9.06. The van der Waals surface area contributed by atoms with Gasteiger partial charge >= 0.3 is 0 Å². The number of pyridine rings is 1. The van der Waals surface area contributed by atoms with Gasteiger partial charge in [-0.1, -0.05) is 12.1 Å². The van der Waals surface area contributed by atoms with E-state index in [0.29, 0.717) is 4.90 Å². The van der Waals surface area contributed by atoms with Gasteiger partial charge in [-0.05, 0) is 47.2 Å². The lowest BCUT2D eigenvalue weighted by molar-refractivity contribution is 0.586. The number of benzene rings is 1. The number of nitrogens with one attached hydrogen (secondary N) is 1. The molecule has 1 aliphatic rings. The van der Waals surface area contributed by atoms with E-state index in [9.17, 15) is 8.42 Å². The number of sulfonamides is 1. The largest absolute Gasteiger partial charge is 0.367 e. The molecule has 1 N–H and O–H groups in total. The molecule has 2 heterocycles. The molecule has 1 saturated heterocycles. The molecule has 1 aliphatic heterocycles. The first-order valence-electron chi connectivity index (χ1n) is 7.65. The molecule has 1 aromatic carbocycles. The molecule has 0 aliphatic carbocycles. The molecule has 24 heavy (non-hydrogen) atoms. The highest BCUT2D eigenvalue weighted by Gasteiger charge is 2.24. The molecule has 3 rings (SSSR count). The van der Waals surface area contributed by atoms with Gasteiger partial charge < -0.3 is 9.80 Å². The number of hydrogen-bond donors (Lipinski definition) is 1. The summed E-state index contributed by atoms with van der Waals surface area (Å²) in [6.45, 7) is 3.08. The van der Waals surface area contributed by atoms with Crippen molar-refractivity contribution in [3.8, 4) is 0 Å². The minimum absolute atomic E-state index is 0.322. The smallest absolute Gasteiger partial charge is 0.242 e. The van der Waals surface area contributed by atoms with E-state index in [4.69, 9.17) is 0 Å². The van der Waals surface area contributed by atoms with Crippen LogP contribution in [0.5, 0.6) is 0 Å². The fourth-order valence-electron chi connectivity index (χ4n) is 2.79. The van der Waals surface area contributed by atoms with Crippen molar-refractivity contribution in [3.63, 3.8) is 0 Å². The Morgan fingerprint density at radius 1 is 1.04 bits per heavy atom. The van der Waals surface area contributed by atoms with Crippen LogP contribution in [0.25, 0.3) is 0 Å². The number of para-hydroxylation sites is 1. The topological polar surface area (TPSA) is 65.5 Å². The van der Waals surface area contributed by atoms with E-state index in [1.54, 1.807) is 18.3 Å². The van der Waals surface area contributed by atoms with E-state index in [1.165, 1.54) is 7.05 Å². The van der Waals surface area contributed by atoms with Crippen LogP contribution in [0.15, 0.2) is 52.0 Å². The maximum Gasteiger partial charge on any atom is 0.242 e. The number of aromatic nitrogens is 1. The zero-order valence-corrected chi connectivity index (χ0v) is 15.7. The lowest BCUT2D eigenvalue weighted by Gasteiger charge is -2.37. The third-order valence-corrected chi connectivity index (χ3v) is 6.01. The number of hydrogen-bond acceptors (Lipinski definition) is 5. The molecule has 0 amide bonds. The molecule has 128 valence electrons. The summed E-state index contributed by atoms with van der Waals surface area (Å²) < 4.78 is 27.8. The van der Waals surface area contributed by atoms with Crippen molar-refractivity contribution in [1.29, 1.82) is 0 Å². The fraction of sp³-hybridized carbons (Fsp3) is 0.312. The number of piperazine rings is 1. The van der Waals surface area contributed by atoms with Crippen molar-refractivity contribution >= 4 is 37.5 Å². The summed E-state index contributed by atoms with van der Waals surface area (Å²) in [7, 11) is -2.04. The van der Waals surface area contributed by atoms with Crippen LogP contribution in [0.2, 0.25) is 0 Å². The van der Waals surface area contributed by atoms with Gasteiger partial charge in [0, 0.05) is 36.8 Å². The number of nitrogens with zero attached hydrogens (tertiary/aromatic N) is 3. The van der Waals surface area contributed by atoms with Gasteiger partial charge in [-0.25, -0.2) is 18.1 Å². The second kappa shape index (κ2) is 7.08.